The highest BCUT2D eigenvalue weighted by Crippen LogP contribution is 2.16. The molecule has 0 spiro atoms. The first-order chi connectivity index (χ1) is 6.52. The van der Waals surface area contributed by atoms with Gasteiger partial charge in [0.05, 0.1) is 25.3 Å². The number of rotatable bonds is 2. The van der Waals surface area contributed by atoms with Gasteiger partial charge in [-0.05, 0) is 19.8 Å². The summed E-state index contributed by atoms with van der Waals surface area (Å²) in [7, 11) is 0. The zero-order valence-corrected chi connectivity index (χ0v) is 9.62. The van der Waals surface area contributed by atoms with Gasteiger partial charge in [0.2, 0.25) is 5.91 Å². The number of ether oxygens (including phenoxy) is 1. The van der Waals surface area contributed by atoms with E-state index in [9.17, 15) is 4.79 Å². The van der Waals surface area contributed by atoms with E-state index in [1.807, 2.05) is 18.7 Å². The van der Waals surface area contributed by atoms with Gasteiger partial charge in [0.25, 0.3) is 0 Å². The summed E-state index contributed by atoms with van der Waals surface area (Å²) >= 11 is 0. The summed E-state index contributed by atoms with van der Waals surface area (Å²) in [6, 6.07) is 0.454. The Morgan fingerprint density at radius 1 is 1.36 bits per heavy atom. The molecule has 0 aliphatic carbocycles. The predicted octanol–water partition coefficient (Wildman–Crippen LogP) is 1.67. The Bertz CT molecular complexity index is 193. The number of carbonyl (C=O) groups excluding carboxylic acids is 1. The highest BCUT2D eigenvalue weighted by molar-refractivity contribution is 5.77. The van der Waals surface area contributed by atoms with Crippen molar-refractivity contribution in [3.63, 3.8) is 0 Å². The molecule has 2 unspecified atom stereocenters. The molecule has 1 aliphatic rings. The first-order valence-electron chi connectivity index (χ1n) is 5.41. The van der Waals surface area contributed by atoms with Gasteiger partial charge in [0.15, 0.2) is 0 Å². The van der Waals surface area contributed by atoms with Crippen LogP contribution in [0.5, 0.6) is 0 Å². The van der Waals surface area contributed by atoms with Crippen LogP contribution < -0.4 is 0 Å². The van der Waals surface area contributed by atoms with Crippen molar-refractivity contribution < 1.29 is 9.53 Å². The van der Waals surface area contributed by atoms with Crippen molar-refractivity contribution in [2.45, 2.75) is 46.2 Å². The Kier molecular flexibility index (Phi) is 3.93. The third-order valence-electron chi connectivity index (χ3n) is 2.54. The average Bonchev–Trinajstić information content (AvgIpc) is 2.01. The topological polar surface area (TPSA) is 29.5 Å². The highest BCUT2D eigenvalue weighted by atomic mass is 16.5. The van der Waals surface area contributed by atoms with Crippen molar-refractivity contribution in [2.24, 2.45) is 5.92 Å². The molecule has 0 aromatic rings. The number of carbonyl (C=O) groups is 1. The molecular weight excluding hydrogens is 178 g/mol. The molecule has 1 saturated heterocycles. The zero-order chi connectivity index (χ0) is 10.7. The fourth-order valence-electron chi connectivity index (χ4n) is 1.95. The highest BCUT2D eigenvalue weighted by Gasteiger charge is 2.29. The van der Waals surface area contributed by atoms with Gasteiger partial charge in [0.1, 0.15) is 0 Å². The molecule has 1 heterocycles. The standard InChI is InChI=1S/C11H21NO2/c1-8(2)5-11(13)12-9(3)6-14-7-10(12)4/h8-10H,5-7H2,1-4H3. The van der Waals surface area contributed by atoms with E-state index in [-0.39, 0.29) is 18.0 Å². The second kappa shape index (κ2) is 4.78. The van der Waals surface area contributed by atoms with Crippen LogP contribution >= 0.6 is 0 Å². The quantitative estimate of drug-likeness (QED) is 0.677. The summed E-state index contributed by atoms with van der Waals surface area (Å²) < 4.78 is 5.39. The molecule has 1 aliphatic heterocycles. The van der Waals surface area contributed by atoms with Crippen LogP contribution in [0.15, 0.2) is 0 Å². The van der Waals surface area contributed by atoms with Crippen molar-refractivity contribution in [1.29, 1.82) is 0 Å². The maximum atomic E-state index is 11.9. The summed E-state index contributed by atoms with van der Waals surface area (Å²) in [5, 5.41) is 0. The number of hydrogen-bond acceptors (Lipinski definition) is 2. The predicted molar refractivity (Wildman–Crippen MR) is 56.0 cm³/mol. The summed E-state index contributed by atoms with van der Waals surface area (Å²) in [5.41, 5.74) is 0. The Hall–Kier alpha value is -0.570. The summed E-state index contributed by atoms with van der Waals surface area (Å²) in [6.07, 6.45) is 0.647. The zero-order valence-electron chi connectivity index (χ0n) is 9.62. The summed E-state index contributed by atoms with van der Waals surface area (Å²) in [4.78, 5) is 13.9. The Balaban J connectivity index is 2.58. The Morgan fingerprint density at radius 3 is 2.29 bits per heavy atom. The lowest BCUT2D eigenvalue weighted by Crippen LogP contribution is -2.52. The van der Waals surface area contributed by atoms with Gasteiger partial charge in [-0.25, -0.2) is 0 Å². The molecule has 0 N–H and O–H groups in total. The van der Waals surface area contributed by atoms with Crippen LogP contribution in [-0.4, -0.2) is 36.1 Å². The van der Waals surface area contributed by atoms with E-state index < -0.39 is 0 Å². The maximum absolute atomic E-state index is 11.9. The molecule has 3 heteroatoms. The Morgan fingerprint density at radius 2 is 1.86 bits per heavy atom. The van der Waals surface area contributed by atoms with E-state index >= 15 is 0 Å². The summed E-state index contributed by atoms with van der Waals surface area (Å²) in [5.74, 6) is 0.702. The molecule has 3 nitrogen and oxygen atoms in total. The van der Waals surface area contributed by atoms with Crippen LogP contribution in [0.3, 0.4) is 0 Å². The van der Waals surface area contributed by atoms with Gasteiger partial charge in [-0.1, -0.05) is 13.8 Å². The molecule has 82 valence electrons. The lowest BCUT2D eigenvalue weighted by Gasteiger charge is -2.39. The molecular formula is C11H21NO2. The number of amides is 1. The van der Waals surface area contributed by atoms with Gasteiger partial charge in [-0.3, -0.25) is 4.79 Å². The molecule has 0 bridgehead atoms. The van der Waals surface area contributed by atoms with Crippen LogP contribution in [0, 0.1) is 5.92 Å². The lowest BCUT2D eigenvalue weighted by molar-refractivity contribution is -0.144. The van der Waals surface area contributed by atoms with Crippen LogP contribution in [-0.2, 0) is 9.53 Å². The number of morpholine rings is 1. The molecule has 0 aromatic carbocycles. The van der Waals surface area contributed by atoms with Gasteiger partial charge in [-0.15, -0.1) is 0 Å². The van der Waals surface area contributed by atoms with Gasteiger partial charge in [0, 0.05) is 6.42 Å². The maximum Gasteiger partial charge on any atom is 0.223 e. The molecule has 2 atom stereocenters. The normalized spacial score (nSPS) is 28.2. The molecule has 1 fully saturated rings. The van der Waals surface area contributed by atoms with Gasteiger partial charge in [-0.2, -0.15) is 0 Å². The van der Waals surface area contributed by atoms with Gasteiger partial charge >= 0.3 is 0 Å². The summed E-state index contributed by atoms with van der Waals surface area (Å²) in [6.45, 7) is 9.60. The third-order valence-corrected chi connectivity index (χ3v) is 2.54. The number of nitrogens with zero attached hydrogens (tertiary/aromatic N) is 1. The molecule has 1 amide bonds. The van der Waals surface area contributed by atoms with Crippen molar-refractivity contribution in [3.8, 4) is 0 Å². The van der Waals surface area contributed by atoms with E-state index in [1.165, 1.54) is 0 Å². The second-order valence-corrected chi connectivity index (χ2v) is 4.63. The van der Waals surface area contributed by atoms with Crippen LogP contribution in [0.25, 0.3) is 0 Å². The number of hydrogen-bond donors (Lipinski definition) is 0. The van der Waals surface area contributed by atoms with E-state index in [0.29, 0.717) is 25.6 Å². The third kappa shape index (κ3) is 2.71. The van der Waals surface area contributed by atoms with Crippen molar-refractivity contribution in [3.05, 3.63) is 0 Å². The van der Waals surface area contributed by atoms with Crippen LogP contribution in [0.4, 0.5) is 0 Å². The SMILES string of the molecule is CC(C)CC(=O)N1C(C)COCC1C. The molecule has 0 aromatic heterocycles. The van der Waals surface area contributed by atoms with Crippen LogP contribution in [0.1, 0.15) is 34.1 Å². The van der Waals surface area contributed by atoms with E-state index in [0.717, 1.165) is 0 Å². The first-order valence-corrected chi connectivity index (χ1v) is 5.41. The molecule has 14 heavy (non-hydrogen) atoms. The Labute approximate surface area is 86.4 Å². The minimum Gasteiger partial charge on any atom is -0.377 e. The fourth-order valence-corrected chi connectivity index (χ4v) is 1.95. The molecule has 0 radical (unpaired) electrons. The van der Waals surface area contributed by atoms with Crippen molar-refractivity contribution in [2.75, 3.05) is 13.2 Å². The smallest absolute Gasteiger partial charge is 0.223 e. The molecule has 1 rings (SSSR count). The van der Waals surface area contributed by atoms with Crippen molar-refractivity contribution in [1.82, 2.24) is 4.90 Å². The van der Waals surface area contributed by atoms with Crippen LogP contribution in [0.2, 0.25) is 0 Å². The molecule has 0 saturated carbocycles. The first kappa shape index (κ1) is 11.5. The monoisotopic (exact) mass is 199 g/mol. The van der Waals surface area contributed by atoms with E-state index in [2.05, 4.69) is 13.8 Å². The van der Waals surface area contributed by atoms with Gasteiger partial charge < -0.3 is 9.64 Å². The minimum atomic E-state index is 0.227. The van der Waals surface area contributed by atoms with E-state index in [1.54, 1.807) is 0 Å². The minimum absolute atomic E-state index is 0.227. The fraction of sp³-hybridized carbons (Fsp3) is 0.909. The second-order valence-electron chi connectivity index (χ2n) is 4.63. The van der Waals surface area contributed by atoms with Crippen molar-refractivity contribution >= 4 is 5.91 Å². The average molecular weight is 199 g/mol. The van der Waals surface area contributed by atoms with E-state index in [4.69, 9.17) is 4.74 Å². The largest absolute Gasteiger partial charge is 0.377 e. The lowest BCUT2D eigenvalue weighted by atomic mass is 10.1.